The van der Waals surface area contributed by atoms with Crippen LogP contribution >= 0.6 is 0 Å². The van der Waals surface area contributed by atoms with Gasteiger partial charge in [0.2, 0.25) is 0 Å². The summed E-state index contributed by atoms with van der Waals surface area (Å²) < 4.78 is 0. The van der Waals surface area contributed by atoms with Crippen molar-refractivity contribution in [2.75, 3.05) is 19.6 Å². The van der Waals surface area contributed by atoms with E-state index < -0.39 is 0 Å². The zero-order chi connectivity index (χ0) is 10.5. The average molecular weight is 201 g/mol. The van der Waals surface area contributed by atoms with E-state index in [2.05, 4.69) is 48.2 Å². The molecule has 1 heterocycles. The standard InChI is InChI=1S/C14H19N/c1-2-15-11-6-9-14(10-12-15)13-7-4-3-5-8-13/h3-5,7-8,10H,2,6,9,11-12H2,1H3. The molecular formula is C14H19N. The summed E-state index contributed by atoms with van der Waals surface area (Å²) in [7, 11) is 0. The average Bonchev–Trinajstić information content (AvgIpc) is 2.55. The first-order valence-corrected chi connectivity index (χ1v) is 5.87. The molecule has 0 aliphatic carbocycles. The molecule has 1 aliphatic heterocycles. The molecule has 15 heavy (non-hydrogen) atoms. The lowest BCUT2D eigenvalue weighted by atomic mass is 10.0. The summed E-state index contributed by atoms with van der Waals surface area (Å²) in [6, 6.07) is 10.8. The fourth-order valence-corrected chi connectivity index (χ4v) is 2.13. The Labute approximate surface area is 92.4 Å². The number of hydrogen-bond donors (Lipinski definition) is 0. The second-order valence-corrected chi connectivity index (χ2v) is 4.09. The number of rotatable bonds is 2. The summed E-state index contributed by atoms with van der Waals surface area (Å²) in [5, 5.41) is 0. The Balaban J connectivity index is 2.13. The van der Waals surface area contributed by atoms with Crippen LogP contribution in [-0.4, -0.2) is 24.5 Å². The zero-order valence-corrected chi connectivity index (χ0v) is 9.45. The van der Waals surface area contributed by atoms with E-state index >= 15 is 0 Å². The van der Waals surface area contributed by atoms with Crippen molar-refractivity contribution in [2.24, 2.45) is 0 Å². The van der Waals surface area contributed by atoms with Crippen molar-refractivity contribution in [3.8, 4) is 0 Å². The summed E-state index contributed by atoms with van der Waals surface area (Å²) in [5.41, 5.74) is 2.92. The van der Waals surface area contributed by atoms with Crippen LogP contribution in [0.15, 0.2) is 36.4 Å². The van der Waals surface area contributed by atoms with Gasteiger partial charge in [-0.25, -0.2) is 0 Å². The Morgan fingerprint density at radius 3 is 2.73 bits per heavy atom. The van der Waals surface area contributed by atoms with Crippen molar-refractivity contribution < 1.29 is 0 Å². The minimum Gasteiger partial charge on any atom is -0.300 e. The largest absolute Gasteiger partial charge is 0.300 e. The van der Waals surface area contributed by atoms with Crippen LogP contribution in [0.25, 0.3) is 5.57 Å². The highest BCUT2D eigenvalue weighted by molar-refractivity contribution is 5.65. The van der Waals surface area contributed by atoms with Crippen molar-refractivity contribution in [3.05, 3.63) is 42.0 Å². The molecule has 0 saturated heterocycles. The van der Waals surface area contributed by atoms with Crippen molar-refractivity contribution in [1.29, 1.82) is 0 Å². The Bertz CT molecular complexity index is 326. The highest BCUT2D eigenvalue weighted by Gasteiger charge is 2.08. The first kappa shape index (κ1) is 10.4. The van der Waals surface area contributed by atoms with Crippen LogP contribution in [0, 0.1) is 0 Å². The van der Waals surface area contributed by atoms with E-state index in [-0.39, 0.29) is 0 Å². The van der Waals surface area contributed by atoms with Gasteiger partial charge >= 0.3 is 0 Å². The second kappa shape index (κ2) is 5.13. The van der Waals surface area contributed by atoms with E-state index in [0.29, 0.717) is 0 Å². The maximum atomic E-state index is 2.50. The maximum absolute atomic E-state index is 2.50. The molecule has 0 amide bonds. The number of allylic oxidation sites excluding steroid dienone is 1. The molecule has 1 nitrogen and oxygen atoms in total. The normalized spacial score (nSPS) is 18.3. The van der Waals surface area contributed by atoms with Crippen LogP contribution in [0.3, 0.4) is 0 Å². The van der Waals surface area contributed by atoms with Gasteiger partial charge in [-0.1, -0.05) is 43.3 Å². The first-order chi connectivity index (χ1) is 7.40. The predicted molar refractivity (Wildman–Crippen MR) is 65.8 cm³/mol. The van der Waals surface area contributed by atoms with E-state index in [1.165, 1.54) is 37.1 Å². The van der Waals surface area contributed by atoms with Gasteiger partial charge in [0.15, 0.2) is 0 Å². The van der Waals surface area contributed by atoms with Crippen molar-refractivity contribution in [1.82, 2.24) is 4.90 Å². The van der Waals surface area contributed by atoms with Crippen molar-refractivity contribution in [2.45, 2.75) is 19.8 Å². The minimum absolute atomic E-state index is 1.11. The van der Waals surface area contributed by atoms with Gasteiger partial charge in [-0.2, -0.15) is 0 Å². The molecule has 0 aromatic heterocycles. The molecule has 2 rings (SSSR count). The quantitative estimate of drug-likeness (QED) is 0.710. The third kappa shape index (κ3) is 2.69. The molecule has 0 radical (unpaired) electrons. The molecule has 1 aromatic rings. The molecule has 1 aliphatic rings. The molecule has 0 spiro atoms. The Hall–Kier alpha value is -1.08. The fraction of sp³-hybridized carbons (Fsp3) is 0.429. The topological polar surface area (TPSA) is 3.24 Å². The molecule has 0 fully saturated rings. The summed E-state index contributed by atoms with van der Waals surface area (Å²) in [5.74, 6) is 0. The Morgan fingerprint density at radius 2 is 2.00 bits per heavy atom. The van der Waals surface area contributed by atoms with E-state index in [0.717, 1.165) is 6.54 Å². The van der Waals surface area contributed by atoms with Gasteiger partial charge in [0, 0.05) is 6.54 Å². The SMILES string of the molecule is CCN1CC=C(c2ccccc2)CCC1. The smallest absolute Gasteiger partial charge is 0.0169 e. The number of nitrogens with zero attached hydrogens (tertiary/aromatic N) is 1. The van der Waals surface area contributed by atoms with Gasteiger partial charge in [-0.05, 0) is 37.1 Å². The van der Waals surface area contributed by atoms with Crippen LogP contribution in [-0.2, 0) is 0 Å². The van der Waals surface area contributed by atoms with Crippen molar-refractivity contribution >= 4 is 5.57 Å². The monoisotopic (exact) mass is 201 g/mol. The Morgan fingerprint density at radius 1 is 1.20 bits per heavy atom. The second-order valence-electron chi connectivity index (χ2n) is 4.09. The summed E-state index contributed by atoms with van der Waals surface area (Å²) in [4.78, 5) is 2.50. The van der Waals surface area contributed by atoms with Gasteiger partial charge in [-0.3, -0.25) is 4.90 Å². The molecular weight excluding hydrogens is 182 g/mol. The summed E-state index contributed by atoms with van der Waals surface area (Å²) >= 11 is 0. The molecule has 0 unspecified atom stereocenters. The highest BCUT2D eigenvalue weighted by atomic mass is 15.1. The van der Waals surface area contributed by atoms with Gasteiger partial charge in [0.05, 0.1) is 0 Å². The van der Waals surface area contributed by atoms with Crippen LogP contribution in [0.1, 0.15) is 25.3 Å². The van der Waals surface area contributed by atoms with Crippen LogP contribution in [0.4, 0.5) is 0 Å². The lowest BCUT2D eigenvalue weighted by molar-refractivity contribution is 0.321. The van der Waals surface area contributed by atoms with E-state index in [9.17, 15) is 0 Å². The van der Waals surface area contributed by atoms with Crippen LogP contribution in [0.2, 0.25) is 0 Å². The minimum atomic E-state index is 1.11. The van der Waals surface area contributed by atoms with Crippen LogP contribution < -0.4 is 0 Å². The van der Waals surface area contributed by atoms with E-state index in [4.69, 9.17) is 0 Å². The molecule has 1 aromatic carbocycles. The third-order valence-corrected chi connectivity index (χ3v) is 3.11. The molecule has 0 N–H and O–H groups in total. The zero-order valence-electron chi connectivity index (χ0n) is 9.45. The third-order valence-electron chi connectivity index (χ3n) is 3.11. The highest BCUT2D eigenvalue weighted by Crippen LogP contribution is 2.22. The van der Waals surface area contributed by atoms with Crippen molar-refractivity contribution in [3.63, 3.8) is 0 Å². The first-order valence-electron chi connectivity index (χ1n) is 5.87. The van der Waals surface area contributed by atoms with Gasteiger partial charge < -0.3 is 0 Å². The van der Waals surface area contributed by atoms with Gasteiger partial charge in [0.25, 0.3) is 0 Å². The Kier molecular flexibility index (Phi) is 3.57. The molecule has 0 bridgehead atoms. The van der Waals surface area contributed by atoms with Crippen LogP contribution in [0.5, 0.6) is 0 Å². The number of likely N-dealkylation sites (N-methyl/N-ethyl adjacent to an activating group) is 1. The molecule has 0 atom stereocenters. The maximum Gasteiger partial charge on any atom is 0.0169 e. The van der Waals surface area contributed by atoms with Gasteiger partial charge in [-0.15, -0.1) is 0 Å². The molecule has 80 valence electrons. The predicted octanol–water partition coefficient (Wildman–Crippen LogP) is 3.19. The number of hydrogen-bond acceptors (Lipinski definition) is 1. The summed E-state index contributed by atoms with van der Waals surface area (Å²) in [6.07, 6.45) is 4.90. The van der Waals surface area contributed by atoms with E-state index in [1.54, 1.807) is 0 Å². The lowest BCUT2D eigenvalue weighted by Gasteiger charge is -2.15. The van der Waals surface area contributed by atoms with Gasteiger partial charge in [0.1, 0.15) is 0 Å². The lowest BCUT2D eigenvalue weighted by Crippen LogP contribution is -2.23. The molecule has 0 saturated carbocycles. The summed E-state index contributed by atoms with van der Waals surface area (Å²) in [6.45, 7) is 5.75. The van der Waals surface area contributed by atoms with E-state index in [1.807, 2.05) is 0 Å². The molecule has 1 heteroatoms. The fourth-order valence-electron chi connectivity index (χ4n) is 2.13. The number of benzene rings is 1.